The van der Waals surface area contributed by atoms with Gasteiger partial charge < -0.3 is 5.32 Å². The lowest BCUT2D eigenvalue weighted by atomic mass is 9.87. The molecule has 0 spiro atoms. The summed E-state index contributed by atoms with van der Waals surface area (Å²) in [6, 6.07) is 10.6. The smallest absolute Gasteiger partial charge is 0.0354 e. The fourth-order valence-electron chi connectivity index (χ4n) is 4.66. The fourth-order valence-corrected chi connectivity index (χ4v) is 4.66. The molecular formula is C18H26N2. The van der Waals surface area contributed by atoms with Crippen LogP contribution >= 0.6 is 0 Å². The van der Waals surface area contributed by atoms with Crippen LogP contribution in [-0.4, -0.2) is 30.6 Å². The number of hydrogen-bond donors (Lipinski definition) is 1. The van der Waals surface area contributed by atoms with Crippen LogP contribution in [-0.2, 0) is 6.42 Å². The molecule has 0 radical (unpaired) electrons. The van der Waals surface area contributed by atoms with Gasteiger partial charge in [-0.3, -0.25) is 4.90 Å². The number of nitrogens with one attached hydrogen (secondary N) is 1. The van der Waals surface area contributed by atoms with Crippen molar-refractivity contribution in [2.45, 2.75) is 50.6 Å². The lowest BCUT2D eigenvalue weighted by Gasteiger charge is -2.38. The highest BCUT2D eigenvalue weighted by Gasteiger charge is 2.33. The molecule has 108 valence electrons. The zero-order valence-electron chi connectivity index (χ0n) is 12.4. The maximum absolute atomic E-state index is 3.71. The number of piperidine rings is 1. The van der Waals surface area contributed by atoms with Gasteiger partial charge in [-0.25, -0.2) is 0 Å². The Morgan fingerprint density at radius 2 is 1.85 bits per heavy atom. The van der Waals surface area contributed by atoms with Crippen LogP contribution in [0, 0.1) is 5.92 Å². The maximum atomic E-state index is 3.71. The highest BCUT2D eigenvalue weighted by molar-refractivity contribution is 5.34. The molecule has 20 heavy (non-hydrogen) atoms. The van der Waals surface area contributed by atoms with Gasteiger partial charge in [-0.2, -0.15) is 0 Å². The van der Waals surface area contributed by atoms with E-state index in [1.54, 1.807) is 11.1 Å². The maximum Gasteiger partial charge on any atom is 0.0354 e. The largest absolute Gasteiger partial charge is 0.314 e. The lowest BCUT2D eigenvalue weighted by molar-refractivity contribution is 0.119. The Morgan fingerprint density at radius 3 is 2.65 bits per heavy atom. The first-order chi connectivity index (χ1) is 9.92. The normalized spacial score (nSPS) is 31.6. The first-order valence-corrected chi connectivity index (χ1v) is 8.47. The summed E-state index contributed by atoms with van der Waals surface area (Å²) in [5.74, 6) is 0.936. The van der Waals surface area contributed by atoms with E-state index in [4.69, 9.17) is 0 Å². The molecule has 1 aromatic rings. The van der Waals surface area contributed by atoms with E-state index in [0.29, 0.717) is 6.04 Å². The summed E-state index contributed by atoms with van der Waals surface area (Å²) >= 11 is 0. The van der Waals surface area contributed by atoms with E-state index in [2.05, 4.69) is 34.5 Å². The molecule has 2 heteroatoms. The molecule has 2 atom stereocenters. The van der Waals surface area contributed by atoms with Crippen LogP contribution in [0.25, 0.3) is 0 Å². The van der Waals surface area contributed by atoms with Gasteiger partial charge >= 0.3 is 0 Å². The van der Waals surface area contributed by atoms with E-state index < -0.39 is 0 Å². The van der Waals surface area contributed by atoms with Crippen LogP contribution in [0.3, 0.4) is 0 Å². The van der Waals surface area contributed by atoms with Crippen LogP contribution in [0.1, 0.15) is 49.3 Å². The van der Waals surface area contributed by atoms with Crippen molar-refractivity contribution in [1.29, 1.82) is 0 Å². The molecule has 2 nitrogen and oxygen atoms in total. The van der Waals surface area contributed by atoms with Crippen LogP contribution in [0.15, 0.2) is 24.3 Å². The summed E-state index contributed by atoms with van der Waals surface area (Å²) in [4.78, 5) is 2.76. The minimum atomic E-state index is 0.712. The summed E-state index contributed by atoms with van der Waals surface area (Å²) in [6.07, 6.45) is 8.22. The topological polar surface area (TPSA) is 15.3 Å². The second kappa shape index (κ2) is 5.50. The molecule has 0 aromatic heterocycles. The number of rotatable bonds is 2. The summed E-state index contributed by atoms with van der Waals surface area (Å²) < 4.78 is 0. The molecule has 1 N–H and O–H groups in total. The van der Waals surface area contributed by atoms with Crippen LogP contribution < -0.4 is 5.32 Å². The molecule has 3 aliphatic rings. The van der Waals surface area contributed by atoms with Crippen LogP contribution in [0.5, 0.6) is 0 Å². The summed E-state index contributed by atoms with van der Waals surface area (Å²) in [5.41, 5.74) is 3.21. The zero-order valence-corrected chi connectivity index (χ0v) is 12.4. The van der Waals surface area contributed by atoms with Crippen molar-refractivity contribution in [3.05, 3.63) is 35.4 Å². The molecule has 2 heterocycles. The van der Waals surface area contributed by atoms with E-state index in [0.717, 1.165) is 12.0 Å². The predicted octanol–water partition coefficient (Wildman–Crippen LogP) is 3.14. The Bertz CT molecular complexity index is 456. The fraction of sp³-hybridized carbons (Fsp3) is 0.667. The van der Waals surface area contributed by atoms with Gasteiger partial charge in [-0.05, 0) is 75.2 Å². The number of fused-ring (bicyclic) bond motifs is 1. The molecule has 0 bridgehead atoms. The van der Waals surface area contributed by atoms with Crippen molar-refractivity contribution < 1.29 is 0 Å². The molecule has 2 unspecified atom stereocenters. The van der Waals surface area contributed by atoms with Crippen molar-refractivity contribution in [2.24, 2.45) is 5.92 Å². The first kappa shape index (κ1) is 12.8. The molecule has 4 rings (SSSR count). The Labute approximate surface area is 122 Å². The molecule has 0 saturated carbocycles. The number of benzene rings is 1. The van der Waals surface area contributed by atoms with Gasteiger partial charge in [-0.1, -0.05) is 24.3 Å². The molecule has 0 amide bonds. The minimum absolute atomic E-state index is 0.712. The Morgan fingerprint density at radius 1 is 1.00 bits per heavy atom. The summed E-state index contributed by atoms with van der Waals surface area (Å²) in [7, 11) is 0. The van der Waals surface area contributed by atoms with Crippen LogP contribution in [0.4, 0.5) is 0 Å². The standard InChI is InChI=1S/C18H26N2/c1-2-5-16-14(4-1)7-8-18(16)20-12-9-15(10-13-20)17-6-3-11-19-17/h1-2,4-5,15,17-19H,3,6-13H2. The average molecular weight is 270 g/mol. The molecule has 2 aliphatic heterocycles. The number of hydrogen-bond acceptors (Lipinski definition) is 2. The van der Waals surface area contributed by atoms with Gasteiger partial charge in [0.15, 0.2) is 0 Å². The molecule has 2 saturated heterocycles. The van der Waals surface area contributed by atoms with Gasteiger partial charge in [-0.15, -0.1) is 0 Å². The van der Waals surface area contributed by atoms with Gasteiger partial charge in [0, 0.05) is 12.1 Å². The summed E-state index contributed by atoms with van der Waals surface area (Å²) in [5, 5.41) is 3.71. The third kappa shape index (κ3) is 2.29. The first-order valence-electron chi connectivity index (χ1n) is 8.47. The highest BCUT2D eigenvalue weighted by atomic mass is 15.2. The lowest BCUT2D eigenvalue weighted by Crippen LogP contribution is -2.41. The van der Waals surface area contributed by atoms with Gasteiger partial charge in [0.1, 0.15) is 0 Å². The predicted molar refractivity (Wildman–Crippen MR) is 82.8 cm³/mol. The third-order valence-electron chi connectivity index (χ3n) is 5.78. The van der Waals surface area contributed by atoms with E-state index in [-0.39, 0.29) is 0 Å². The van der Waals surface area contributed by atoms with Crippen molar-refractivity contribution in [3.63, 3.8) is 0 Å². The number of likely N-dealkylation sites (tertiary alicyclic amines) is 1. The van der Waals surface area contributed by atoms with E-state index in [9.17, 15) is 0 Å². The Balaban J connectivity index is 1.40. The second-order valence-electron chi connectivity index (χ2n) is 6.83. The number of nitrogens with zero attached hydrogens (tertiary/aromatic N) is 1. The second-order valence-corrected chi connectivity index (χ2v) is 6.83. The van der Waals surface area contributed by atoms with Crippen molar-refractivity contribution >= 4 is 0 Å². The van der Waals surface area contributed by atoms with Gasteiger partial charge in [0.05, 0.1) is 0 Å². The Hall–Kier alpha value is -0.860. The highest BCUT2D eigenvalue weighted by Crippen LogP contribution is 2.38. The quantitative estimate of drug-likeness (QED) is 0.888. The van der Waals surface area contributed by atoms with Crippen molar-refractivity contribution in [2.75, 3.05) is 19.6 Å². The van der Waals surface area contributed by atoms with Crippen molar-refractivity contribution in [3.8, 4) is 0 Å². The zero-order chi connectivity index (χ0) is 13.4. The molecular weight excluding hydrogens is 244 g/mol. The van der Waals surface area contributed by atoms with E-state index in [1.807, 2.05) is 0 Å². The monoisotopic (exact) mass is 270 g/mol. The molecule has 2 fully saturated rings. The molecule has 1 aromatic carbocycles. The van der Waals surface area contributed by atoms with E-state index in [1.165, 1.54) is 58.2 Å². The van der Waals surface area contributed by atoms with Gasteiger partial charge in [0.2, 0.25) is 0 Å². The molecule has 1 aliphatic carbocycles. The van der Waals surface area contributed by atoms with Crippen LogP contribution in [0.2, 0.25) is 0 Å². The third-order valence-corrected chi connectivity index (χ3v) is 5.78. The Kier molecular flexibility index (Phi) is 3.53. The average Bonchev–Trinajstić information content (AvgIpc) is 3.17. The minimum Gasteiger partial charge on any atom is -0.314 e. The SMILES string of the molecule is c1ccc2c(c1)CCC2N1CCC(C2CCCN2)CC1. The van der Waals surface area contributed by atoms with Gasteiger partial charge in [0.25, 0.3) is 0 Å². The van der Waals surface area contributed by atoms with Crippen molar-refractivity contribution in [1.82, 2.24) is 10.2 Å². The van der Waals surface area contributed by atoms with E-state index >= 15 is 0 Å². The summed E-state index contributed by atoms with van der Waals surface area (Å²) in [6.45, 7) is 3.87. The number of aryl methyl sites for hydroxylation is 1.